The van der Waals surface area contributed by atoms with Crippen LogP contribution < -0.4 is 5.73 Å². The molecule has 2 unspecified atom stereocenters. The lowest BCUT2D eigenvalue weighted by Crippen LogP contribution is -2.50. The lowest BCUT2D eigenvalue weighted by molar-refractivity contribution is -0.0319. The monoisotopic (exact) mass is 272 g/mol. The molecule has 0 radical (unpaired) electrons. The van der Waals surface area contributed by atoms with Crippen molar-refractivity contribution in [2.75, 3.05) is 26.7 Å². The zero-order chi connectivity index (χ0) is 13.1. The standard InChI is InChI=1S/C13H18ClFN2O/c1-17-5-6-18-12(8-17)11(16)7-9-3-2-4-10(15)13(9)14/h2-4,11-12H,5-8,16H2,1H3. The molecule has 1 aliphatic rings. The Labute approximate surface area is 112 Å². The molecule has 1 aliphatic heterocycles. The minimum absolute atomic E-state index is 0.0249. The lowest BCUT2D eigenvalue weighted by atomic mass is 10.0. The van der Waals surface area contributed by atoms with Gasteiger partial charge in [-0.3, -0.25) is 0 Å². The van der Waals surface area contributed by atoms with E-state index in [-0.39, 0.29) is 17.2 Å². The van der Waals surface area contributed by atoms with E-state index in [2.05, 4.69) is 4.90 Å². The second kappa shape index (κ2) is 5.97. The molecule has 0 bridgehead atoms. The molecule has 100 valence electrons. The van der Waals surface area contributed by atoms with Gasteiger partial charge in [-0.25, -0.2) is 4.39 Å². The topological polar surface area (TPSA) is 38.5 Å². The summed E-state index contributed by atoms with van der Waals surface area (Å²) in [6.07, 6.45) is 0.498. The molecule has 5 heteroatoms. The van der Waals surface area contributed by atoms with E-state index in [0.717, 1.165) is 18.7 Å². The Balaban J connectivity index is 2.02. The minimum Gasteiger partial charge on any atom is -0.374 e. The van der Waals surface area contributed by atoms with Crippen LogP contribution in [0.5, 0.6) is 0 Å². The maximum absolute atomic E-state index is 13.3. The minimum atomic E-state index is -0.400. The van der Waals surface area contributed by atoms with Crippen LogP contribution in [0.25, 0.3) is 0 Å². The van der Waals surface area contributed by atoms with Gasteiger partial charge in [-0.15, -0.1) is 0 Å². The Morgan fingerprint density at radius 3 is 3.11 bits per heavy atom. The van der Waals surface area contributed by atoms with Crippen molar-refractivity contribution >= 4 is 11.6 Å². The number of hydrogen-bond acceptors (Lipinski definition) is 3. The van der Waals surface area contributed by atoms with Crippen molar-refractivity contribution in [1.82, 2.24) is 4.90 Å². The fourth-order valence-electron chi connectivity index (χ4n) is 2.16. The van der Waals surface area contributed by atoms with Crippen LogP contribution in [-0.4, -0.2) is 43.8 Å². The van der Waals surface area contributed by atoms with Crippen molar-refractivity contribution < 1.29 is 9.13 Å². The van der Waals surface area contributed by atoms with Crippen molar-refractivity contribution in [2.24, 2.45) is 5.73 Å². The maximum atomic E-state index is 13.3. The summed E-state index contributed by atoms with van der Waals surface area (Å²) in [5.74, 6) is -0.400. The van der Waals surface area contributed by atoms with Crippen LogP contribution in [0, 0.1) is 5.82 Å². The summed E-state index contributed by atoms with van der Waals surface area (Å²) in [5, 5.41) is 0.164. The summed E-state index contributed by atoms with van der Waals surface area (Å²) >= 11 is 5.92. The van der Waals surface area contributed by atoms with Gasteiger partial charge in [0.25, 0.3) is 0 Å². The van der Waals surface area contributed by atoms with Gasteiger partial charge in [0.15, 0.2) is 0 Å². The molecule has 2 rings (SSSR count). The fourth-order valence-corrected chi connectivity index (χ4v) is 2.36. The van der Waals surface area contributed by atoms with Gasteiger partial charge in [0.05, 0.1) is 17.7 Å². The van der Waals surface area contributed by atoms with E-state index in [1.165, 1.54) is 6.07 Å². The van der Waals surface area contributed by atoms with Gasteiger partial charge in [-0.05, 0) is 25.1 Å². The number of rotatable bonds is 3. The first-order valence-corrected chi connectivity index (χ1v) is 6.44. The summed E-state index contributed by atoms with van der Waals surface area (Å²) in [7, 11) is 2.04. The van der Waals surface area contributed by atoms with Crippen molar-refractivity contribution in [1.29, 1.82) is 0 Å². The second-order valence-corrected chi connectivity index (χ2v) is 5.13. The zero-order valence-corrected chi connectivity index (χ0v) is 11.2. The molecule has 2 N–H and O–H groups in total. The molecule has 18 heavy (non-hydrogen) atoms. The smallest absolute Gasteiger partial charge is 0.142 e. The Kier molecular flexibility index (Phi) is 4.56. The molecule has 3 nitrogen and oxygen atoms in total. The molecular formula is C13H18ClFN2O. The lowest BCUT2D eigenvalue weighted by Gasteiger charge is -2.33. The van der Waals surface area contributed by atoms with E-state index in [9.17, 15) is 4.39 Å². The predicted molar refractivity (Wildman–Crippen MR) is 70.3 cm³/mol. The van der Waals surface area contributed by atoms with E-state index in [4.69, 9.17) is 22.1 Å². The van der Waals surface area contributed by atoms with Crippen LogP contribution in [0.1, 0.15) is 5.56 Å². The second-order valence-electron chi connectivity index (χ2n) is 4.75. The molecule has 0 aliphatic carbocycles. The van der Waals surface area contributed by atoms with Crippen LogP contribution in [0.4, 0.5) is 4.39 Å². The molecular weight excluding hydrogens is 255 g/mol. The molecule has 1 aromatic rings. The number of hydrogen-bond donors (Lipinski definition) is 1. The number of halogens is 2. The number of nitrogens with zero attached hydrogens (tertiary/aromatic N) is 1. The third kappa shape index (κ3) is 3.20. The summed E-state index contributed by atoms with van der Waals surface area (Å²) in [5.41, 5.74) is 6.87. The third-order valence-electron chi connectivity index (χ3n) is 3.26. The SMILES string of the molecule is CN1CCOC(C(N)Cc2cccc(F)c2Cl)C1. The Bertz CT molecular complexity index is 416. The van der Waals surface area contributed by atoms with Crippen LogP contribution in [0.15, 0.2) is 18.2 Å². The van der Waals surface area contributed by atoms with Crippen molar-refractivity contribution in [3.05, 3.63) is 34.6 Å². The quantitative estimate of drug-likeness (QED) is 0.910. The van der Waals surface area contributed by atoms with E-state index in [0.29, 0.717) is 13.0 Å². The highest BCUT2D eigenvalue weighted by Crippen LogP contribution is 2.22. The third-order valence-corrected chi connectivity index (χ3v) is 3.68. The average molecular weight is 273 g/mol. The fraction of sp³-hybridized carbons (Fsp3) is 0.538. The highest BCUT2D eigenvalue weighted by molar-refractivity contribution is 6.31. The Morgan fingerprint density at radius 2 is 2.39 bits per heavy atom. The summed E-state index contributed by atoms with van der Waals surface area (Å²) in [4.78, 5) is 2.18. The molecule has 2 atom stereocenters. The number of likely N-dealkylation sites (N-methyl/N-ethyl adjacent to an activating group) is 1. The first-order chi connectivity index (χ1) is 8.58. The largest absolute Gasteiger partial charge is 0.374 e. The maximum Gasteiger partial charge on any atom is 0.142 e. The van der Waals surface area contributed by atoms with E-state index in [1.54, 1.807) is 12.1 Å². The zero-order valence-electron chi connectivity index (χ0n) is 10.4. The molecule has 1 saturated heterocycles. The Morgan fingerprint density at radius 1 is 1.61 bits per heavy atom. The summed E-state index contributed by atoms with van der Waals surface area (Å²) in [6.45, 7) is 2.41. The van der Waals surface area contributed by atoms with Gasteiger partial charge in [-0.1, -0.05) is 23.7 Å². The van der Waals surface area contributed by atoms with Gasteiger partial charge in [0, 0.05) is 19.1 Å². The first-order valence-electron chi connectivity index (χ1n) is 6.06. The predicted octanol–water partition coefficient (Wildman–Crippen LogP) is 1.68. The van der Waals surface area contributed by atoms with Crippen molar-refractivity contribution in [2.45, 2.75) is 18.6 Å². The van der Waals surface area contributed by atoms with Gasteiger partial charge in [0.2, 0.25) is 0 Å². The first kappa shape index (κ1) is 13.7. The van der Waals surface area contributed by atoms with Crippen LogP contribution >= 0.6 is 11.6 Å². The number of morpholine rings is 1. The molecule has 1 heterocycles. The normalized spacial score (nSPS) is 23.0. The van der Waals surface area contributed by atoms with E-state index in [1.807, 2.05) is 7.05 Å². The molecule has 0 saturated carbocycles. The molecule has 0 amide bonds. The molecule has 1 aromatic carbocycles. The van der Waals surface area contributed by atoms with Crippen LogP contribution in [-0.2, 0) is 11.2 Å². The number of ether oxygens (including phenoxy) is 1. The van der Waals surface area contributed by atoms with Crippen molar-refractivity contribution in [3.8, 4) is 0 Å². The number of benzene rings is 1. The van der Waals surface area contributed by atoms with Gasteiger partial charge >= 0.3 is 0 Å². The van der Waals surface area contributed by atoms with Gasteiger partial charge in [-0.2, -0.15) is 0 Å². The highest BCUT2D eigenvalue weighted by Gasteiger charge is 2.25. The van der Waals surface area contributed by atoms with Crippen LogP contribution in [0.2, 0.25) is 5.02 Å². The molecule has 0 aromatic heterocycles. The summed E-state index contributed by atoms with van der Waals surface area (Å²) in [6, 6.07) is 4.63. The number of nitrogens with two attached hydrogens (primary N) is 1. The molecule has 0 spiro atoms. The molecule has 1 fully saturated rings. The van der Waals surface area contributed by atoms with Gasteiger partial charge < -0.3 is 15.4 Å². The van der Waals surface area contributed by atoms with Crippen LogP contribution in [0.3, 0.4) is 0 Å². The van der Waals surface area contributed by atoms with Gasteiger partial charge in [0.1, 0.15) is 5.82 Å². The average Bonchev–Trinajstić information content (AvgIpc) is 2.35. The van der Waals surface area contributed by atoms with Crippen molar-refractivity contribution in [3.63, 3.8) is 0 Å². The summed E-state index contributed by atoms with van der Waals surface area (Å²) < 4.78 is 19.0. The van der Waals surface area contributed by atoms with E-state index >= 15 is 0 Å². The van der Waals surface area contributed by atoms with E-state index < -0.39 is 5.82 Å². The Hall–Kier alpha value is -0.680. The highest BCUT2D eigenvalue weighted by atomic mass is 35.5.